The van der Waals surface area contributed by atoms with E-state index in [1.807, 2.05) is 0 Å². The zero-order valence-electron chi connectivity index (χ0n) is 9.03. The van der Waals surface area contributed by atoms with E-state index in [1.54, 1.807) is 0 Å². The zero-order chi connectivity index (χ0) is 10.5. The standard InChI is InChI=1S/C13H16N2/c1-15-11-5-3-2-4-10(11)8-12(15)13(9-14)6-7-13/h2-5,8H,6-7,9,14H2,1H3. The Morgan fingerprint density at radius 1 is 1.33 bits per heavy atom. The lowest BCUT2D eigenvalue weighted by Gasteiger charge is -2.13. The van der Waals surface area contributed by atoms with E-state index in [4.69, 9.17) is 5.73 Å². The Balaban J connectivity index is 2.24. The highest BCUT2D eigenvalue weighted by atomic mass is 15.0. The third-order valence-electron chi connectivity index (χ3n) is 3.74. The van der Waals surface area contributed by atoms with Crippen molar-refractivity contribution in [2.45, 2.75) is 18.3 Å². The lowest BCUT2D eigenvalue weighted by Crippen LogP contribution is -2.22. The molecule has 1 fully saturated rings. The van der Waals surface area contributed by atoms with Gasteiger partial charge in [0.15, 0.2) is 0 Å². The van der Waals surface area contributed by atoms with E-state index < -0.39 is 0 Å². The lowest BCUT2D eigenvalue weighted by atomic mass is 10.0. The van der Waals surface area contributed by atoms with Crippen molar-refractivity contribution >= 4 is 10.9 Å². The molecule has 0 atom stereocenters. The van der Waals surface area contributed by atoms with Gasteiger partial charge >= 0.3 is 0 Å². The monoisotopic (exact) mass is 200 g/mol. The molecule has 2 heteroatoms. The molecule has 0 saturated heterocycles. The van der Waals surface area contributed by atoms with Crippen LogP contribution in [-0.2, 0) is 12.5 Å². The third kappa shape index (κ3) is 1.15. The Bertz CT molecular complexity index is 506. The number of nitrogens with zero attached hydrogens (tertiary/aromatic N) is 1. The van der Waals surface area contributed by atoms with E-state index in [-0.39, 0.29) is 5.41 Å². The fourth-order valence-corrected chi connectivity index (χ4v) is 2.51. The van der Waals surface area contributed by atoms with Gasteiger partial charge in [-0.25, -0.2) is 0 Å². The number of aryl methyl sites for hydroxylation is 1. The number of hydrogen-bond acceptors (Lipinski definition) is 1. The van der Waals surface area contributed by atoms with Crippen LogP contribution in [0.25, 0.3) is 10.9 Å². The summed E-state index contributed by atoms with van der Waals surface area (Å²) in [7, 11) is 2.15. The predicted octanol–water partition coefficient (Wildman–Crippen LogP) is 2.17. The van der Waals surface area contributed by atoms with Gasteiger partial charge in [0.05, 0.1) is 0 Å². The van der Waals surface area contributed by atoms with Crippen LogP contribution in [0.1, 0.15) is 18.5 Å². The van der Waals surface area contributed by atoms with Gasteiger partial charge < -0.3 is 10.3 Å². The highest BCUT2D eigenvalue weighted by Crippen LogP contribution is 2.48. The van der Waals surface area contributed by atoms with Crippen LogP contribution in [0, 0.1) is 0 Å². The van der Waals surface area contributed by atoms with E-state index in [9.17, 15) is 0 Å². The molecule has 0 aliphatic heterocycles. The molecular weight excluding hydrogens is 184 g/mol. The summed E-state index contributed by atoms with van der Waals surface area (Å²) >= 11 is 0. The molecule has 2 N–H and O–H groups in total. The summed E-state index contributed by atoms with van der Waals surface area (Å²) in [5.41, 5.74) is 8.88. The lowest BCUT2D eigenvalue weighted by molar-refractivity contribution is 0.645. The molecule has 3 rings (SSSR count). The molecule has 0 spiro atoms. The minimum Gasteiger partial charge on any atom is -0.347 e. The SMILES string of the molecule is Cn1c(C2(CN)CC2)cc2ccccc21. The van der Waals surface area contributed by atoms with E-state index in [0.29, 0.717) is 0 Å². The number of para-hydroxylation sites is 1. The molecule has 1 aliphatic carbocycles. The van der Waals surface area contributed by atoms with Gasteiger partial charge in [-0.1, -0.05) is 18.2 Å². The quantitative estimate of drug-likeness (QED) is 0.791. The molecule has 0 radical (unpaired) electrons. The number of benzene rings is 1. The van der Waals surface area contributed by atoms with Crippen LogP contribution >= 0.6 is 0 Å². The fraction of sp³-hybridized carbons (Fsp3) is 0.385. The third-order valence-corrected chi connectivity index (χ3v) is 3.74. The van der Waals surface area contributed by atoms with Crippen molar-refractivity contribution in [3.8, 4) is 0 Å². The van der Waals surface area contributed by atoms with Gasteiger partial charge in [0.1, 0.15) is 0 Å². The summed E-state index contributed by atoms with van der Waals surface area (Å²) in [5.74, 6) is 0. The molecule has 1 saturated carbocycles. The van der Waals surface area contributed by atoms with Crippen molar-refractivity contribution in [3.05, 3.63) is 36.0 Å². The minimum atomic E-state index is 0.285. The normalized spacial score (nSPS) is 18.3. The van der Waals surface area contributed by atoms with Gasteiger partial charge in [0, 0.05) is 30.2 Å². The number of hydrogen-bond donors (Lipinski definition) is 1. The first-order chi connectivity index (χ1) is 7.27. The molecule has 1 heterocycles. The summed E-state index contributed by atoms with van der Waals surface area (Å²) in [5, 5.41) is 1.33. The van der Waals surface area contributed by atoms with E-state index in [0.717, 1.165) is 6.54 Å². The summed E-state index contributed by atoms with van der Waals surface area (Å²) in [4.78, 5) is 0. The van der Waals surface area contributed by atoms with Gasteiger partial charge in [0.2, 0.25) is 0 Å². The Morgan fingerprint density at radius 2 is 2.07 bits per heavy atom. The molecule has 78 valence electrons. The maximum absolute atomic E-state index is 5.88. The maximum atomic E-state index is 5.88. The first-order valence-electron chi connectivity index (χ1n) is 5.52. The van der Waals surface area contributed by atoms with Crippen molar-refractivity contribution in [1.29, 1.82) is 0 Å². The minimum absolute atomic E-state index is 0.285. The summed E-state index contributed by atoms with van der Waals surface area (Å²) in [6, 6.07) is 10.8. The predicted molar refractivity (Wildman–Crippen MR) is 62.9 cm³/mol. The van der Waals surface area contributed by atoms with Crippen molar-refractivity contribution in [3.63, 3.8) is 0 Å². The first kappa shape index (κ1) is 8.98. The Labute approximate surface area is 89.7 Å². The molecule has 1 aliphatic rings. The van der Waals surface area contributed by atoms with Crippen molar-refractivity contribution in [1.82, 2.24) is 4.57 Å². The molecule has 0 bridgehead atoms. The largest absolute Gasteiger partial charge is 0.347 e. The van der Waals surface area contributed by atoms with Crippen molar-refractivity contribution < 1.29 is 0 Å². The Kier molecular flexibility index (Phi) is 1.71. The number of fused-ring (bicyclic) bond motifs is 1. The molecular formula is C13H16N2. The van der Waals surface area contributed by atoms with Crippen LogP contribution < -0.4 is 5.73 Å². The maximum Gasteiger partial charge on any atom is 0.0480 e. The summed E-state index contributed by atoms with van der Waals surface area (Å²) < 4.78 is 2.30. The van der Waals surface area contributed by atoms with Crippen LogP contribution in [0.2, 0.25) is 0 Å². The summed E-state index contributed by atoms with van der Waals surface area (Å²) in [6.07, 6.45) is 2.49. The zero-order valence-corrected chi connectivity index (χ0v) is 9.03. The molecule has 2 aromatic rings. The highest BCUT2D eigenvalue weighted by molar-refractivity contribution is 5.81. The fourth-order valence-electron chi connectivity index (χ4n) is 2.51. The van der Waals surface area contributed by atoms with Gasteiger partial charge in [-0.2, -0.15) is 0 Å². The van der Waals surface area contributed by atoms with E-state index in [2.05, 4.69) is 41.9 Å². The van der Waals surface area contributed by atoms with Crippen molar-refractivity contribution in [2.24, 2.45) is 12.8 Å². The Hall–Kier alpha value is -1.28. The molecule has 15 heavy (non-hydrogen) atoms. The number of aromatic nitrogens is 1. The second kappa shape index (κ2) is 2.86. The molecule has 0 unspecified atom stereocenters. The summed E-state index contributed by atoms with van der Waals surface area (Å²) in [6.45, 7) is 0.775. The highest BCUT2D eigenvalue weighted by Gasteiger charge is 2.44. The van der Waals surface area contributed by atoms with Crippen LogP contribution in [0.15, 0.2) is 30.3 Å². The second-order valence-corrected chi connectivity index (χ2v) is 4.63. The van der Waals surface area contributed by atoms with Crippen LogP contribution in [-0.4, -0.2) is 11.1 Å². The molecule has 1 aromatic heterocycles. The average molecular weight is 200 g/mol. The second-order valence-electron chi connectivity index (χ2n) is 4.63. The van der Waals surface area contributed by atoms with Gasteiger partial charge in [-0.3, -0.25) is 0 Å². The average Bonchev–Trinajstić information content (AvgIpc) is 3.00. The van der Waals surface area contributed by atoms with Crippen molar-refractivity contribution in [2.75, 3.05) is 6.54 Å². The molecule has 0 amide bonds. The van der Waals surface area contributed by atoms with Gasteiger partial charge in [-0.15, -0.1) is 0 Å². The molecule has 1 aromatic carbocycles. The van der Waals surface area contributed by atoms with Gasteiger partial charge in [-0.05, 0) is 30.4 Å². The van der Waals surface area contributed by atoms with E-state index in [1.165, 1.54) is 29.4 Å². The Morgan fingerprint density at radius 3 is 2.67 bits per heavy atom. The van der Waals surface area contributed by atoms with Crippen LogP contribution in [0.4, 0.5) is 0 Å². The van der Waals surface area contributed by atoms with Gasteiger partial charge in [0.25, 0.3) is 0 Å². The van der Waals surface area contributed by atoms with Crippen LogP contribution in [0.5, 0.6) is 0 Å². The van der Waals surface area contributed by atoms with E-state index >= 15 is 0 Å². The smallest absolute Gasteiger partial charge is 0.0480 e. The topological polar surface area (TPSA) is 30.9 Å². The molecule has 2 nitrogen and oxygen atoms in total. The van der Waals surface area contributed by atoms with Crippen LogP contribution in [0.3, 0.4) is 0 Å². The number of rotatable bonds is 2. The first-order valence-corrected chi connectivity index (χ1v) is 5.52. The number of nitrogens with two attached hydrogens (primary N) is 1.